The fraction of sp³-hybridized carbons (Fsp3) is 0.100. The van der Waals surface area contributed by atoms with Crippen molar-refractivity contribution in [2.75, 3.05) is 6.54 Å². The van der Waals surface area contributed by atoms with Gasteiger partial charge in [-0.15, -0.1) is 0 Å². The molecule has 76 valence electrons. The van der Waals surface area contributed by atoms with Gasteiger partial charge in [0.15, 0.2) is 11.6 Å². The third-order valence-corrected chi connectivity index (χ3v) is 1.74. The highest BCUT2D eigenvalue weighted by Crippen LogP contribution is 2.15. The number of aromatic nitrogens is 1. The van der Waals surface area contributed by atoms with Crippen LogP contribution in [0.4, 0.5) is 4.39 Å². The van der Waals surface area contributed by atoms with E-state index in [4.69, 9.17) is 4.74 Å². The normalized spacial score (nSPS) is 15.7. The summed E-state index contributed by atoms with van der Waals surface area (Å²) in [6, 6.07) is 5.09. The maximum absolute atomic E-state index is 12.9. The molecule has 0 unspecified atom stereocenters. The van der Waals surface area contributed by atoms with E-state index in [1.54, 1.807) is 24.4 Å². The number of ether oxygens (including phenoxy) is 1. The minimum atomic E-state index is -0.529. The quantitative estimate of drug-likeness (QED) is 0.696. The van der Waals surface area contributed by atoms with Crippen LogP contribution in [0.2, 0.25) is 0 Å². The number of hydrogen-bond donors (Lipinski definition) is 0. The molecule has 0 amide bonds. The molecule has 0 N–H and O–H groups in total. The first-order valence-corrected chi connectivity index (χ1v) is 4.34. The highest BCUT2D eigenvalue weighted by molar-refractivity contribution is 5.21. The lowest BCUT2D eigenvalue weighted by atomic mass is 10.3. The first-order chi connectivity index (χ1) is 7.24. The van der Waals surface area contributed by atoms with Crippen LogP contribution in [0.1, 0.15) is 0 Å². The van der Waals surface area contributed by atoms with Gasteiger partial charge in [-0.25, -0.2) is 9.37 Å². The van der Waals surface area contributed by atoms with Crippen molar-refractivity contribution >= 4 is 0 Å². The van der Waals surface area contributed by atoms with E-state index in [9.17, 15) is 9.30 Å². The van der Waals surface area contributed by atoms with Gasteiger partial charge in [0.25, 0.3) is 6.20 Å². The Morgan fingerprint density at radius 2 is 2.33 bits per heavy atom. The van der Waals surface area contributed by atoms with Gasteiger partial charge >= 0.3 is 0 Å². The summed E-state index contributed by atoms with van der Waals surface area (Å²) in [7, 11) is 0. The maximum Gasteiger partial charge on any atom is 0.263 e. The Hall–Kier alpha value is -2.04. The monoisotopic (exact) mass is 207 g/mol. The zero-order valence-electron chi connectivity index (χ0n) is 7.76. The Balaban J connectivity index is 2.16. The van der Waals surface area contributed by atoms with E-state index in [1.807, 2.05) is 0 Å². The van der Waals surface area contributed by atoms with Crippen molar-refractivity contribution in [1.82, 2.24) is 4.98 Å². The van der Waals surface area contributed by atoms with Gasteiger partial charge in [0, 0.05) is 28.0 Å². The van der Waals surface area contributed by atoms with Crippen molar-refractivity contribution in [3.63, 3.8) is 0 Å². The van der Waals surface area contributed by atoms with Crippen LogP contribution in [0.5, 0.6) is 5.88 Å². The first-order valence-electron chi connectivity index (χ1n) is 4.34. The van der Waals surface area contributed by atoms with E-state index in [2.05, 4.69) is 4.98 Å². The second-order valence-electron chi connectivity index (χ2n) is 2.97. The van der Waals surface area contributed by atoms with Crippen LogP contribution >= 0.6 is 0 Å². The van der Waals surface area contributed by atoms with E-state index in [0.29, 0.717) is 10.6 Å². The van der Waals surface area contributed by atoms with Crippen molar-refractivity contribution in [3.8, 4) is 5.88 Å². The molecule has 1 aromatic heterocycles. The molecule has 0 saturated carbocycles. The summed E-state index contributed by atoms with van der Waals surface area (Å²) in [6.45, 7) is -0.269. The van der Waals surface area contributed by atoms with Crippen LogP contribution < -0.4 is 4.74 Å². The second-order valence-corrected chi connectivity index (χ2v) is 2.97. The molecule has 0 spiro atoms. The average molecular weight is 207 g/mol. The minimum Gasteiger partial charge on any atom is -0.432 e. The van der Waals surface area contributed by atoms with Crippen molar-refractivity contribution in [3.05, 3.63) is 53.2 Å². The molecule has 4 nitrogen and oxygen atoms in total. The Morgan fingerprint density at radius 1 is 1.47 bits per heavy atom. The van der Waals surface area contributed by atoms with Gasteiger partial charge in [0.1, 0.15) is 0 Å². The molecule has 5 heteroatoms. The summed E-state index contributed by atoms with van der Waals surface area (Å²) in [6.07, 6.45) is 3.90. The van der Waals surface area contributed by atoms with Gasteiger partial charge in [-0.05, 0) is 6.07 Å². The molecule has 0 aliphatic carbocycles. The number of nitroso groups, excluding NO2 is 1. The fourth-order valence-corrected chi connectivity index (χ4v) is 1.16. The first kappa shape index (κ1) is 9.51. The summed E-state index contributed by atoms with van der Waals surface area (Å²) in [5, 5.41) is 0. The molecular weight excluding hydrogens is 199 g/mol. The molecule has 0 aromatic carbocycles. The summed E-state index contributed by atoms with van der Waals surface area (Å²) in [5.41, 5.74) is 0. The van der Waals surface area contributed by atoms with Crippen molar-refractivity contribution < 1.29 is 13.9 Å². The molecule has 2 heterocycles. The van der Waals surface area contributed by atoms with Crippen LogP contribution in [0, 0.1) is 4.91 Å². The van der Waals surface area contributed by atoms with Gasteiger partial charge in [-0.1, -0.05) is 6.07 Å². The molecule has 1 aliphatic rings. The van der Waals surface area contributed by atoms with Gasteiger partial charge in [-0.2, -0.15) is 0 Å². The third kappa shape index (κ3) is 2.46. The summed E-state index contributed by atoms with van der Waals surface area (Å²) in [5.74, 6) is -0.0611. The van der Waals surface area contributed by atoms with Crippen LogP contribution in [0.15, 0.2) is 48.3 Å². The number of halogens is 1. The molecule has 1 aromatic rings. The van der Waals surface area contributed by atoms with Gasteiger partial charge in [0.2, 0.25) is 12.4 Å². The lowest BCUT2D eigenvalue weighted by Gasteiger charge is -2.04. The van der Waals surface area contributed by atoms with Crippen LogP contribution in [-0.4, -0.2) is 16.3 Å². The van der Waals surface area contributed by atoms with Crippen LogP contribution in [0.25, 0.3) is 0 Å². The number of pyridine rings is 1. The van der Waals surface area contributed by atoms with E-state index in [-0.39, 0.29) is 12.3 Å². The highest BCUT2D eigenvalue weighted by atomic mass is 19.1. The lowest BCUT2D eigenvalue weighted by molar-refractivity contribution is -0.476. The van der Waals surface area contributed by atoms with E-state index in [1.165, 1.54) is 12.3 Å². The summed E-state index contributed by atoms with van der Waals surface area (Å²) < 4.78 is 18.5. The van der Waals surface area contributed by atoms with Gasteiger partial charge < -0.3 is 4.74 Å². The molecule has 15 heavy (non-hydrogen) atoms. The molecule has 1 aliphatic heterocycles. The van der Waals surface area contributed by atoms with Crippen molar-refractivity contribution in [1.29, 1.82) is 0 Å². The topological polar surface area (TPSA) is 42.2 Å². The number of rotatable bonds is 2. The smallest absolute Gasteiger partial charge is 0.263 e. The second kappa shape index (κ2) is 4.00. The molecule has 2 rings (SSSR count). The summed E-state index contributed by atoms with van der Waals surface area (Å²) in [4.78, 5) is 14.8. The predicted octanol–water partition coefficient (Wildman–Crippen LogP) is 1.95. The largest absolute Gasteiger partial charge is 0.432 e. The molecule has 0 atom stereocenters. The molecule has 0 bridgehead atoms. The Kier molecular flexibility index (Phi) is 2.53. The Morgan fingerprint density at radius 3 is 3.00 bits per heavy atom. The fourth-order valence-electron chi connectivity index (χ4n) is 1.16. The van der Waals surface area contributed by atoms with Crippen molar-refractivity contribution in [2.24, 2.45) is 0 Å². The summed E-state index contributed by atoms with van der Waals surface area (Å²) >= 11 is 0. The zero-order valence-corrected chi connectivity index (χ0v) is 7.76. The standard InChI is InChI=1S/C10H8FN2O2/c11-8-5-9(7-13(14)6-8)15-10-3-1-2-4-12-10/h1-5,7H,6H2/q+1. The zero-order chi connectivity index (χ0) is 10.7. The molecular formula is C10H8FN2O2+. The minimum absolute atomic E-state index is 0.146. The SMILES string of the molecule is O=[N+]1C=C(Oc2ccccn2)C=C(F)C1. The highest BCUT2D eigenvalue weighted by Gasteiger charge is 2.19. The number of allylic oxidation sites excluding steroid dienone is 1. The molecule has 0 fully saturated rings. The lowest BCUT2D eigenvalue weighted by Crippen LogP contribution is -2.11. The van der Waals surface area contributed by atoms with Crippen molar-refractivity contribution in [2.45, 2.75) is 0 Å². The van der Waals surface area contributed by atoms with Gasteiger partial charge in [-0.3, -0.25) is 0 Å². The van der Waals surface area contributed by atoms with E-state index in [0.717, 1.165) is 0 Å². The van der Waals surface area contributed by atoms with E-state index < -0.39 is 5.83 Å². The number of hydrogen-bond acceptors (Lipinski definition) is 3. The average Bonchev–Trinajstić information content (AvgIpc) is 2.17. The molecule has 0 saturated heterocycles. The molecule has 0 radical (unpaired) electrons. The van der Waals surface area contributed by atoms with E-state index >= 15 is 0 Å². The Bertz CT molecular complexity index is 440. The predicted molar refractivity (Wildman–Crippen MR) is 50.6 cm³/mol. The maximum atomic E-state index is 12.9. The van der Waals surface area contributed by atoms with Gasteiger partial charge in [0.05, 0.1) is 0 Å². The Labute approximate surface area is 85.3 Å². The third-order valence-electron chi connectivity index (χ3n) is 1.74. The number of nitrogens with zero attached hydrogens (tertiary/aromatic N) is 2. The van der Waals surface area contributed by atoms with Crippen LogP contribution in [-0.2, 0) is 0 Å². The van der Waals surface area contributed by atoms with Crippen LogP contribution in [0.3, 0.4) is 0 Å².